The van der Waals surface area contributed by atoms with Gasteiger partial charge >= 0.3 is 0 Å². The molecule has 1 heterocycles. The first-order chi connectivity index (χ1) is 6.66. The number of hydrogen-bond acceptors (Lipinski definition) is 1. The molecule has 3 heteroatoms. The molecule has 0 bridgehead atoms. The van der Waals surface area contributed by atoms with Crippen molar-refractivity contribution in [2.45, 2.75) is 12.3 Å². The summed E-state index contributed by atoms with van der Waals surface area (Å²) in [6.45, 7) is 2.25. The highest BCUT2D eigenvalue weighted by atomic mass is 35.5. The van der Waals surface area contributed by atoms with Gasteiger partial charge in [-0.25, -0.2) is 0 Å². The fourth-order valence-corrected chi connectivity index (χ4v) is 2.58. The topological polar surface area (TPSA) is 3.24 Å². The smallest absolute Gasteiger partial charge is 0.0456 e. The van der Waals surface area contributed by atoms with E-state index in [1.54, 1.807) is 0 Å². The summed E-state index contributed by atoms with van der Waals surface area (Å²) < 4.78 is 0. The summed E-state index contributed by atoms with van der Waals surface area (Å²) in [6, 6.07) is 5.80. The molecular formula is C11H13Cl2N. The highest BCUT2D eigenvalue weighted by Crippen LogP contribution is 2.32. The predicted octanol–water partition coefficient (Wildman–Crippen LogP) is 3.41. The monoisotopic (exact) mass is 229 g/mol. The molecule has 1 saturated heterocycles. The van der Waals surface area contributed by atoms with E-state index in [-0.39, 0.29) is 0 Å². The molecule has 1 aromatic carbocycles. The molecule has 0 aliphatic carbocycles. The van der Waals surface area contributed by atoms with Crippen LogP contribution in [-0.2, 0) is 0 Å². The van der Waals surface area contributed by atoms with Gasteiger partial charge in [-0.2, -0.15) is 0 Å². The molecule has 1 nitrogen and oxygen atoms in total. The molecule has 0 aromatic heterocycles. The SMILES string of the molecule is CN1CCC(c2ccc(Cl)cc2Cl)C1. The first-order valence-electron chi connectivity index (χ1n) is 4.80. The lowest BCUT2D eigenvalue weighted by Crippen LogP contribution is -2.13. The fraction of sp³-hybridized carbons (Fsp3) is 0.455. The molecule has 0 spiro atoms. The molecule has 14 heavy (non-hydrogen) atoms. The van der Waals surface area contributed by atoms with Crippen LogP contribution < -0.4 is 0 Å². The van der Waals surface area contributed by atoms with Gasteiger partial charge in [0.1, 0.15) is 0 Å². The molecule has 0 N–H and O–H groups in total. The van der Waals surface area contributed by atoms with Crippen molar-refractivity contribution >= 4 is 23.2 Å². The Labute approximate surface area is 94.6 Å². The highest BCUT2D eigenvalue weighted by Gasteiger charge is 2.22. The van der Waals surface area contributed by atoms with Gasteiger partial charge in [-0.1, -0.05) is 29.3 Å². The first-order valence-corrected chi connectivity index (χ1v) is 5.56. The second kappa shape index (κ2) is 4.09. The van der Waals surface area contributed by atoms with E-state index in [2.05, 4.69) is 18.0 Å². The van der Waals surface area contributed by atoms with Gasteiger partial charge in [0.05, 0.1) is 0 Å². The maximum absolute atomic E-state index is 6.15. The molecular weight excluding hydrogens is 217 g/mol. The molecule has 76 valence electrons. The Morgan fingerprint density at radius 3 is 2.71 bits per heavy atom. The van der Waals surface area contributed by atoms with E-state index in [4.69, 9.17) is 23.2 Å². The molecule has 0 amide bonds. The Morgan fingerprint density at radius 2 is 2.14 bits per heavy atom. The van der Waals surface area contributed by atoms with Gasteiger partial charge in [0, 0.05) is 16.6 Å². The summed E-state index contributed by atoms with van der Waals surface area (Å²) in [5.74, 6) is 0.574. The number of likely N-dealkylation sites (tertiary alicyclic amines) is 1. The Bertz CT molecular complexity index is 338. The molecule has 2 rings (SSSR count). The Morgan fingerprint density at radius 1 is 1.36 bits per heavy atom. The molecule has 0 saturated carbocycles. The van der Waals surface area contributed by atoms with Crippen LogP contribution >= 0.6 is 23.2 Å². The van der Waals surface area contributed by atoms with Crippen LogP contribution in [0, 0.1) is 0 Å². The minimum absolute atomic E-state index is 0.574. The van der Waals surface area contributed by atoms with Gasteiger partial charge in [-0.15, -0.1) is 0 Å². The van der Waals surface area contributed by atoms with E-state index in [1.165, 1.54) is 12.0 Å². The van der Waals surface area contributed by atoms with Crippen LogP contribution in [0.5, 0.6) is 0 Å². The van der Waals surface area contributed by atoms with E-state index < -0.39 is 0 Å². The van der Waals surface area contributed by atoms with E-state index in [9.17, 15) is 0 Å². The third-order valence-electron chi connectivity index (χ3n) is 2.79. The molecule has 0 radical (unpaired) electrons. The molecule has 1 atom stereocenters. The quantitative estimate of drug-likeness (QED) is 0.714. The van der Waals surface area contributed by atoms with Gasteiger partial charge in [0.25, 0.3) is 0 Å². The van der Waals surface area contributed by atoms with Crippen molar-refractivity contribution in [2.75, 3.05) is 20.1 Å². The summed E-state index contributed by atoms with van der Waals surface area (Å²) in [5.41, 5.74) is 1.24. The van der Waals surface area contributed by atoms with Gasteiger partial charge in [-0.3, -0.25) is 0 Å². The van der Waals surface area contributed by atoms with Crippen LogP contribution in [-0.4, -0.2) is 25.0 Å². The van der Waals surface area contributed by atoms with Crippen LogP contribution in [0.4, 0.5) is 0 Å². The van der Waals surface area contributed by atoms with Crippen molar-refractivity contribution in [1.29, 1.82) is 0 Å². The number of hydrogen-bond donors (Lipinski definition) is 0. The number of benzene rings is 1. The zero-order chi connectivity index (χ0) is 10.1. The van der Waals surface area contributed by atoms with Crippen LogP contribution in [0.2, 0.25) is 10.0 Å². The van der Waals surface area contributed by atoms with E-state index in [0.717, 1.165) is 18.1 Å². The van der Waals surface area contributed by atoms with E-state index in [1.807, 2.05) is 12.1 Å². The van der Waals surface area contributed by atoms with Crippen molar-refractivity contribution in [3.05, 3.63) is 33.8 Å². The molecule has 1 fully saturated rings. The summed E-state index contributed by atoms with van der Waals surface area (Å²) in [4.78, 5) is 2.33. The minimum atomic E-state index is 0.574. The molecule has 1 aliphatic rings. The van der Waals surface area contributed by atoms with Crippen LogP contribution in [0.1, 0.15) is 17.9 Å². The zero-order valence-corrected chi connectivity index (χ0v) is 9.65. The largest absolute Gasteiger partial charge is 0.306 e. The average Bonchev–Trinajstić information content (AvgIpc) is 2.51. The Balaban J connectivity index is 2.24. The van der Waals surface area contributed by atoms with Crippen LogP contribution in [0.15, 0.2) is 18.2 Å². The third kappa shape index (κ3) is 2.05. The lowest BCUT2D eigenvalue weighted by molar-refractivity contribution is 0.411. The maximum atomic E-state index is 6.15. The second-order valence-electron chi connectivity index (χ2n) is 3.91. The van der Waals surface area contributed by atoms with Gasteiger partial charge in [0.2, 0.25) is 0 Å². The van der Waals surface area contributed by atoms with Crippen LogP contribution in [0.25, 0.3) is 0 Å². The van der Waals surface area contributed by atoms with Gasteiger partial charge < -0.3 is 4.90 Å². The van der Waals surface area contributed by atoms with E-state index in [0.29, 0.717) is 10.9 Å². The average molecular weight is 230 g/mol. The fourth-order valence-electron chi connectivity index (χ4n) is 2.02. The molecule has 1 aromatic rings. The van der Waals surface area contributed by atoms with Crippen molar-refractivity contribution in [3.63, 3.8) is 0 Å². The van der Waals surface area contributed by atoms with Crippen molar-refractivity contribution in [1.82, 2.24) is 4.90 Å². The minimum Gasteiger partial charge on any atom is -0.306 e. The highest BCUT2D eigenvalue weighted by molar-refractivity contribution is 6.35. The molecule has 1 aliphatic heterocycles. The normalized spacial score (nSPS) is 22.9. The Kier molecular flexibility index (Phi) is 3.01. The van der Waals surface area contributed by atoms with Crippen molar-refractivity contribution < 1.29 is 0 Å². The van der Waals surface area contributed by atoms with Gasteiger partial charge in [-0.05, 0) is 43.6 Å². The number of likely N-dealkylation sites (N-methyl/N-ethyl adjacent to an activating group) is 1. The number of rotatable bonds is 1. The Hall–Kier alpha value is -0.240. The summed E-state index contributed by atoms with van der Waals surface area (Å²) in [6.07, 6.45) is 1.19. The first kappa shape index (κ1) is 10.3. The third-order valence-corrected chi connectivity index (χ3v) is 3.36. The van der Waals surface area contributed by atoms with Crippen LogP contribution in [0.3, 0.4) is 0 Å². The zero-order valence-electron chi connectivity index (χ0n) is 8.13. The number of halogens is 2. The summed E-state index contributed by atoms with van der Waals surface area (Å²) in [5, 5.41) is 1.52. The van der Waals surface area contributed by atoms with Crippen molar-refractivity contribution in [3.8, 4) is 0 Å². The maximum Gasteiger partial charge on any atom is 0.0456 e. The molecule has 1 unspecified atom stereocenters. The summed E-state index contributed by atoms with van der Waals surface area (Å²) >= 11 is 12.0. The van der Waals surface area contributed by atoms with Gasteiger partial charge in [0.15, 0.2) is 0 Å². The second-order valence-corrected chi connectivity index (χ2v) is 4.76. The number of nitrogens with zero attached hydrogens (tertiary/aromatic N) is 1. The summed E-state index contributed by atoms with van der Waals surface area (Å²) in [7, 11) is 2.14. The lowest BCUT2D eigenvalue weighted by atomic mass is 9.98. The van der Waals surface area contributed by atoms with E-state index >= 15 is 0 Å². The lowest BCUT2D eigenvalue weighted by Gasteiger charge is -2.12. The standard InChI is InChI=1S/C11H13Cl2N/c1-14-5-4-8(7-14)10-3-2-9(12)6-11(10)13/h2-3,6,8H,4-5,7H2,1H3. The predicted molar refractivity (Wildman–Crippen MR) is 61.3 cm³/mol. The van der Waals surface area contributed by atoms with Crippen molar-refractivity contribution in [2.24, 2.45) is 0 Å².